The number of sulfonamides is 1. The van der Waals surface area contributed by atoms with E-state index in [1.54, 1.807) is 35.7 Å². The molecule has 3 rings (SSSR count). The van der Waals surface area contributed by atoms with E-state index < -0.39 is 10.0 Å². The molecule has 0 aliphatic carbocycles. The first-order valence-corrected chi connectivity index (χ1v) is 10.5. The quantitative estimate of drug-likeness (QED) is 0.768. The Morgan fingerprint density at radius 2 is 2.00 bits per heavy atom. The van der Waals surface area contributed by atoms with Gasteiger partial charge in [-0.2, -0.15) is 4.31 Å². The van der Waals surface area contributed by atoms with Gasteiger partial charge in [-0.3, -0.25) is 4.90 Å². The summed E-state index contributed by atoms with van der Waals surface area (Å²) in [5.41, 5.74) is 0. The molecule has 2 aliphatic rings. The first-order valence-electron chi connectivity index (χ1n) is 9.07. The smallest absolute Gasteiger partial charge is 0.243 e. The summed E-state index contributed by atoms with van der Waals surface area (Å²) in [5, 5.41) is 0. The van der Waals surface area contributed by atoms with Crippen LogP contribution in [0.25, 0.3) is 0 Å². The lowest BCUT2D eigenvalue weighted by atomic mass is 10.0. The van der Waals surface area contributed by atoms with Crippen LogP contribution in [-0.4, -0.2) is 70.2 Å². The van der Waals surface area contributed by atoms with Crippen molar-refractivity contribution in [3.63, 3.8) is 0 Å². The maximum Gasteiger partial charge on any atom is 0.243 e. The van der Waals surface area contributed by atoms with E-state index in [1.165, 1.54) is 0 Å². The molecule has 2 fully saturated rings. The molecular formula is C18H28N2O4S. The van der Waals surface area contributed by atoms with Crippen LogP contribution in [0, 0.1) is 0 Å². The van der Waals surface area contributed by atoms with Crippen molar-refractivity contribution >= 4 is 10.0 Å². The number of hydrogen-bond acceptors (Lipinski definition) is 5. The number of morpholine rings is 1. The summed E-state index contributed by atoms with van der Waals surface area (Å²) >= 11 is 0. The van der Waals surface area contributed by atoms with Gasteiger partial charge in [0.2, 0.25) is 10.0 Å². The van der Waals surface area contributed by atoms with Crippen molar-refractivity contribution in [1.82, 2.24) is 9.21 Å². The zero-order chi connectivity index (χ0) is 17.7. The van der Waals surface area contributed by atoms with E-state index in [2.05, 4.69) is 4.90 Å². The first kappa shape index (κ1) is 18.6. The number of methoxy groups -OCH3 is 1. The lowest BCUT2D eigenvalue weighted by molar-refractivity contribution is 0.0340. The third kappa shape index (κ3) is 4.53. The van der Waals surface area contributed by atoms with Crippen molar-refractivity contribution in [1.29, 1.82) is 0 Å². The van der Waals surface area contributed by atoms with Gasteiger partial charge in [-0.1, -0.05) is 12.5 Å². The average Bonchev–Trinajstić information content (AvgIpc) is 2.67. The van der Waals surface area contributed by atoms with Crippen LogP contribution in [0.4, 0.5) is 0 Å². The summed E-state index contributed by atoms with van der Waals surface area (Å²) < 4.78 is 38.6. The summed E-state index contributed by atoms with van der Waals surface area (Å²) in [6.45, 7) is 4.96. The second-order valence-electron chi connectivity index (χ2n) is 6.69. The fourth-order valence-corrected chi connectivity index (χ4v) is 5.39. The zero-order valence-electron chi connectivity index (χ0n) is 14.9. The SMILES string of the molecule is COc1cccc(S(=O)(=O)N2CCCC[C@H]2CCN2CCOCC2)c1. The van der Waals surface area contributed by atoms with Crippen molar-refractivity contribution in [2.45, 2.75) is 36.6 Å². The Morgan fingerprint density at radius 1 is 1.20 bits per heavy atom. The molecule has 0 amide bonds. The van der Waals surface area contributed by atoms with Crippen LogP contribution in [0.2, 0.25) is 0 Å². The molecule has 0 bridgehead atoms. The van der Waals surface area contributed by atoms with Gasteiger partial charge < -0.3 is 9.47 Å². The van der Waals surface area contributed by atoms with Crippen LogP contribution in [0.1, 0.15) is 25.7 Å². The standard InChI is InChI=1S/C18H28N2O4S/c1-23-17-6-4-7-18(15-17)25(21,22)20-9-3-2-5-16(20)8-10-19-11-13-24-14-12-19/h4,6-7,15-16H,2-3,5,8-14H2,1H3/t16-/m0/s1. The molecule has 2 aliphatic heterocycles. The Morgan fingerprint density at radius 3 is 2.76 bits per heavy atom. The van der Waals surface area contributed by atoms with Crippen LogP contribution in [-0.2, 0) is 14.8 Å². The van der Waals surface area contributed by atoms with Crippen LogP contribution in [0.15, 0.2) is 29.2 Å². The third-order valence-corrected chi connectivity index (χ3v) is 7.05. The van der Waals surface area contributed by atoms with Crippen molar-refractivity contribution in [3.8, 4) is 5.75 Å². The molecule has 7 heteroatoms. The number of ether oxygens (including phenoxy) is 2. The summed E-state index contributed by atoms with van der Waals surface area (Å²) in [6, 6.07) is 6.85. The Labute approximate surface area is 150 Å². The van der Waals surface area contributed by atoms with Gasteiger partial charge in [-0.25, -0.2) is 8.42 Å². The molecular weight excluding hydrogens is 340 g/mol. The Kier molecular flexibility index (Phi) is 6.33. The van der Waals surface area contributed by atoms with Gasteiger partial charge in [0.05, 0.1) is 25.2 Å². The largest absolute Gasteiger partial charge is 0.497 e. The van der Waals surface area contributed by atoms with E-state index in [4.69, 9.17) is 9.47 Å². The molecule has 1 aromatic rings. The maximum atomic E-state index is 13.2. The van der Waals surface area contributed by atoms with Gasteiger partial charge in [-0.05, 0) is 37.9 Å². The average molecular weight is 368 g/mol. The van der Waals surface area contributed by atoms with E-state index in [0.29, 0.717) is 17.2 Å². The second kappa shape index (κ2) is 8.49. The summed E-state index contributed by atoms with van der Waals surface area (Å²) in [4.78, 5) is 2.69. The number of nitrogens with zero attached hydrogens (tertiary/aromatic N) is 2. The molecule has 1 atom stereocenters. The van der Waals surface area contributed by atoms with E-state index >= 15 is 0 Å². The van der Waals surface area contributed by atoms with Crippen molar-refractivity contribution in [2.75, 3.05) is 46.5 Å². The molecule has 0 unspecified atom stereocenters. The molecule has 140 valence electrons. The first-order chi connectivity index (χ1) is 12.1. The molecule has 0 spiro atoms. The Hall–Kier alpha value is -1.15. The second-order valence-corrected chi connectivity index (χ2v) is 8.58. The lowest BCUT2D eigenvalue weighted by Gasteiger charge is -2.36. The highest BCUT2D eigenvalue weighted by Crippen LogP contribution is 2.28. The van der Waals surface area contributed by atoms with Crippen LogP contribution >= 0.6 is 0 Å². The monoisotopic (exact) mass is 368 g/mol. The molecule has 0 N–H and O–H groups in total. The molecule has 0 saturated carbocycles. The number of piperidine rings is 1. The molecule has 0 radical (unpaired) electrons. The van der Waals surface area contributed by atoms with E-state index in [0.717, 1.165) is 58.5 Å². The summed E-state index contributed by atoms with van der Waals surface area (Å²) in [6.07, 6.45) is 3.84. The van der Waals surface area contributed by atoms with Crippen molar-refractivity contribution in [2.24, 2.45) is 0 Å². The minimum absolute atomic E-state index is 0.0767. The van der Waals surface area contributed by atoms with Gasteiger partial charge >= 0.3 is 0 Å². The van der Waals surface area contributed by atoms with Crippen molar-refractivity contribution in [3.05, 3.63) is 24.3 Å². The van der Waals surface area contributed by atoms with E-state index in [9.17, 15) is 8.42 Å². The molecule has 2 saturated heterocycles. The normalized spacial score (nSPS) is 23.5. The summed E-state index contributed by atoms with van der Waals surface area (Å²) in [5.74, 6) is 0.572. The molecule has 2 heterocycles. The van der Waals surface area contributed by atoms with Crippen LogP contribution in [0.5, 0.6) is 5.75 Å². The van der Waals surface area contributed by atoms with Crippen LogP contribution < -0.4 is 4.74 Å². The van der Waals surface area contributed by atoms with Gasteiger partial charge in [0.15, 0.2) is 0 Å². The molecule has 25 heavy (non-hydrogen) atoms. The van der Waals surface area contributed by atoms with Gasteiger partial charge in [0, 0.05) is 31.7 Å². The topological polar surface area (TPSA) is 59.1 Å². The van der Waals surface area contributed by atoms with Crippen LogP contribution in [0.3, 0.4) is 0 Å². The third-order valence-electron chi connectivity index (χ3n) is 5.10. The fourth-order valence-electron chi connectivity index (χ4n) is 3.63. The minimum Gasteiger partial charge on any atom is -0.497 e. The molecule has 0 aromatic heterocycles. The van der Waals surface area contributed by atoms with Gasteiger partial charge in [-0.15, -0.1) is 0 Å². The highest BCUT2D eigenvalue weighted by Gasteiger charge is 2.33. The Bertz CT molecular complexity index is 659. The highest BCUT2D eigenvalue weighted by molar-refractivity contribution is 7.89. The lowest BCUT2D eigenvalue weighted by Crippen LogP contribution is -2.46. The fraction of sp³-hybridized carbons (Fsp3) is 0.667. The highest BCUT2D eigenvalue weighted by atomic mass is 32.2. The molecule has 6 nitrogen and oxygen atoms in total. The molecule has 1 aromatic carbocycles. The predicted molar refractivity (Wildman–Crippen MR) is 96.4 cm³/mol. The van der Waals surface area contributed by atoms with Gasteiger partial charge in [0.1, 0.15) is 5.75 Å². The van der Waals surface area contributed by atoms with Crippen molar-refractivity contribution < 1.29 is 17.9 Å². The summed E-state index contributed by atoms with van der Waals surface area (Å²) in [7, 11) is -1.93. The van der Waals surface area contributed by atoms with E-state index in [1.807, 2.05) is 0 Å². The number of benzene rings is 1. The number of rotatable bonds is 6. The Balaban J connectivity index is 1.72. The maximum absolute atomic E-state index is 13.2. The van der Waals surface area contributed by atoms with E-state index in [-0.39, 0.29) is 6.04 Å². The predicted octanol–water partition coefficient (Wildman–Crippen LogP) is 1.96. The minimum atomic E-state index is -3.49. The zero-order valence-corrected chi connectivity index (χ0v) is 15.7. The number of hydrogen-bond donors (Lipinski definition) is 0. The van der Waals surface area contributed by atoms with Gasteiger partial charge in [0.25, 0.3) is 0 Å².